The van der Waals surface area contributed by atoms with Crippen molar-refractivity contribution in [1.82, 2.24) is 10.2 Å². The third-order valence-electron chi connectivity index (χ3n) is 4.12. The Morgan fingerprint density at radius 3 is 2.61 bits per heavy atom. The number of benzene rings is 1. The van der Waals surface area contributed by atoms with E-state index in [9.17, 15) is 0 Å². The lowest BCUT2D eigenvalue weighted by molar-refractivity contribution is 0.206. The van der Waals surface area contributed by atoms with Gasteiger partial charge in [0.2, 0.25) is 0 Å². The van der Waals surface area contributed by atoms with Gasteiger partial charge in [-0.05, 0) is 57.5 Å². The molecule has 100 valence electrons. The molecule has 1 aromatic carbocycles. The molecule has 0 bridgehead atoms. The zero-order valence-electron chi connectivity index (χ0n) is 12.0. The van der Waals surface area contributed by atoms with Crippen LogP contribution in [0.5, 0.6) is 0 Å². The number of hydrogen-bond donors (Lipinski definition) is 1. The molecule has 2 nitrogen and oxygen atoms in total. The number of piperidine rings is 1. The Bertz CT molecular complexity index is 379. The predicted molar refractivity (Wildman–Crippen MR) is 77.9 cm³/mol. The van der Waals surface area contributed by atoms with Crippen LogP contribution in [0.1, 0.15) is 36.5 Å². The fourth-order valence-electron chi connectivity index (χ4n) is 2.70. The van der Waals surface area contributed by atoms with Crippen molar-refractivity contribution in [1.29, 1.82) is 0 Å². The van der Waals surface area contributed by atoms with Gasteiger partial charge in [-0.15, -0.1) is 0 Å². The van der Waals surface area contributed by atoms with E-state index >= 15 is 0 Å². The number of likely N-dealkylation sites (tertiary alicyclic amines) is 1. The normalized spacial score (nSPS) is 18.2. The van der Waals surface area contributed by atoms with Crippen LogP contribution in [-0.4, -0.2) is 30.6 Å². The van der Waals surface area contributed by atoms with Gasteiger partial charge in [0.05, 0.1) is 0 Å². The molecule has 0 saturated carbocycles. The molecule has 1 N–H and O–H groups in total. The second-order valence-corrected chi connectivity index (χ2v) is 5.52. The van der Waals surface area contributed by atoms with E-state index in [2.05, 4.69) is 49.2 Å². The Morgan fingerprint density at radius 2 is 1.94 bits per heavy atom. The van der Waals surface area contributed by atoms with Crippen molar-refractivity contribution in [2.75, 3.05) is 19.6 Å². The summed E-state index contributed by atoms with van der Waals surface area (Å²) >= 11 is 0. The van der Waals surface area contributed by atoms with E-state index in [0.29, 0.717) is 6.04 Å². The molecule has 1 aromatic rings. The summed E-state index contributed by atoms with van der Waals surface area (Å²) < 4.78 is 0. The van der Waals surface area contributed by atoms with Crippen molar-refractivity contribution in [3.05, 3.63) is 34.9 Å². The fourth-order valence-corrected chi connectivity index (χ4v) is 2.70. The summed E-state index contributed by atoms with van der Waals surface area (Å²) in [6.07, 6.45) is 2.58. The average molecular weight is 246 g/mol. The second-order valence-electron chi connectivity index (χ2n) is 5.52. The molecule has 18 heavy (non-hydrogen) atoms. The Morgan fingerprint density at radius 1 is 1.22 bits per heavy atom. The second kappa shape index (κ2) is 6.35. The standard InChI is InChI=1S/C16H26N2/c1-4-18-9-7-16(8-10-18)17-12-15-11-13(2)5-6-14(15)3/h5-6,11,16-17H,4,7-10,12H2,1-3H3. The van der Waals surface area contributed by atoms with Crippen LogP contribution in [-0.2, 0) is 6.54 Å². The van der Waals surface area contributed by atoms with E-state index in [1.54, 1.807) is 0 Å². The highest BCUT2D eigenvalue weighted by Gasteiger charge is 2.17. The first kappa shape index (κ1) is 13.6. The maximum Gasteiger partial charge on any atom is 0.0210 e. The minimum atomic E-state index is 0.702. The lowest BCUT2D eigenvalue weighted by Gasteiger charge is -2.31. The number of hydrogen-bond acceptors (Lipinski definition) is 2. The highest BCUT2D eigenvalue weighted by atomic mass is 15.1. The molecule has 1 aliphatic rings. The van der Waals surface area contributed by atoms with Gasteiger partial charge in [-0.25, -0.2) is 0 Å². The van der Waals surface area contributed by atoms with Crippen molar-refractivity contribution in [3.8, 4) is 0 Å². The lowest BCUT2D eigenvalue weighted by Crippen LogP contribution is -2.42. The summed E-state index contributed by atoms with van der Waals surface area (Å²) in [7, 11) is 0. The molecular formula is C16H26N2. The van der Waals surface area contributed by atoms with E-state index in [0.717, 1.165) is 6.54 Å². The molecule has 1 heterocycles. The summed E-state index contributed by atoms with van der Waals surface area (Å²) in [5.41, 5.74) is 4.21. The molecule has 0 atom stereocenters. The Kier molecular flexibility index (Phi) is 4.79. The van der Waals surface area contributed by atoms with Gasteiger partial charge in [-0.1, -0.05) is 30.7 Å². The fraction of sp³-hybridized carbons (Fsp3) is 0.625. The van der Waals surface area contributed by atoms with E-state index in [-0.39, 0.29) is 0 Å². The highest BCUT2D eigenvalue weighted by molar-refractivity contribution is 5.30. The Balaban J connectivity index is 1.83. The maximum absolute atomic E-state index is 3.72. The molecule has 1 aliphatic heterocycles. The van der Waals surface area contributed by atoms with Crippen LogP contribution in [0.25, 0.3) is 0 Å². The molecule has 2 heteroatoms. The minimum absolute atomic E-state index is 0.702. The molecular weight excluding hydrogens is 220 g/mol. The highest BCUT2D eigenvalue weighted by Crippen LogP contribution is 2.13. The van der Waals surface area contributed by atoms with E-state index in [1.165, 1.54) is 49.2 Å². The summed E-state index contributed by atoms with van der Waals surface area (Å²) in [4.78, 5) is 2.54. The summed E-state index contributed by atoms with van der Waals surface area (Å²) in [6, 6.07) is 7.43. The quantitative estimate of drug-likeness (QED) is 0.879. The van der Waals surface area contributed by atoms with Crippen LogP contribution in [0.4, 0.5) is 0 Å². The van der Waals surface area contributed by atoms with Crippen LogP contribution in [0.3, 0.4) is 0 Å². The van der Waals surface area contributed by atoms with Gasteiger partial charge in [0.25, 0.3) is 0 Å². The summed E-state index contributed by atoms with van der Waals surface area (Å²) in [6.45, 7) is 11.3. The van der Waals surface area contributed by atoms with E-state index in [4.69, 9.17) is 0 Å². The van der Waals surface area contributed by atoms with Crippen LogP contribution < -0.4 is 5.32 Å². The summed E-state index contributed by atoms with van der Waals surface area (Å²) in [5, 5.41) is 3.72. The maximum atomic E-state index is 3.72. The predicted octanol–water partition coefficient (Wildman–Crippen LogP) is 2.88. The number of rotatable bonds is 4. The van der Waals surface area contributed by atoms with Crippen molar-refractivity contribution in [2.24, 2.45) is 0 Å². The molecule has 0 aliphatic carbocycles. The van der Waals surface area contributed by atoms with Crippen LogP contribution in [0.2, 0.25) is 0 Å². The van der Waals surface area contributed by atoms with Gasteiger partial charge in [0, 0.05) is 12.6 Å². The zero-order chi connectivity index (χ0) is 13.0. The first-order valence-electron chi connectivity index (χ1n) is 7.21. The molecule has 1 saturated heterocycles. The minimum Gasteiger partial charge on any atom is -0.310 e. The SMILES string of the molecule is CCN1CCC(NCc2cc(C)ccc2C)CC1. The third-order valence-corrected chi connectivity index (χ3v) is 4.12. The van der Waals surface area contributed by atoms with Crippen molar-refractivity contribution < 1.29 is 0 Å². The molecule has 1 fully saturated rings. The Labute approximate surface area is 111 Å². The van der Waals surface area contributed by atoms with Crippen molar-refractivity contribution >= 4 is 0 Å². The van der Waals surface area contributed by atoms with Gasteiger partial charge in [0.1, 0.15) is 0 Å². The monoisotopic (exact) mass is 246 g/mol. The lowest BCUT2D eigenvalue weighted by atomic mass is 10.0. The van der Waals surface area contributed by atoms with Crippen LogP contribution >= 0.6 is 0 Å². The Hall–Kier alpha value is -0.860. The van der Waals surface area contributed by atoms with Crippen molar-refractivity contribution in [2.45, 2.75) is 46.2 Å². The van der Waals surface area contributed by atoms with Crippen LogP contribution in [0.15, 0.2) is 18.2 Å². The third kappa shape index (κ3) is 3.56. The molecule has 2 rings (SSSR count). The zero-order valence-corrected chi connectivity index (χ0v) is 12.0. The average Bonchev–Trinajstić information content (AvgIpc) is 2.40. The van der Waals surface area contributed by atoms with Gasteiger partial charge < -0.3 is 10.2 Å². The van der Waals surface area contributed by atoms with Gasteiger partial charge in [-0.2, -0.15) is 0 Å². The molecule has 0 spiro atoms. The number of aryl methyl sites for hydroxylation is 2. The van der Waals surface area contributed by atoms with Crippen molar-refractivity contribution in [3.63, 3.8) is 0 Å². The molecule has 0 aromatic heterocycles. The largest absolute Gasteiger partial charge is 0.310 e. The van der Waals surface area contributed by atoms with E-state index in [1.807, 2.05) is 0 Å². The molecule has 0 unspecified atom stereocenters. The molecule has 0 radical (unpaired) electrons. The van der Waals surface area contributed by atoms with Crippen LogP contribution in [0, 0.1) is 13.8 Å². The van der Waals surface area contributed by atoms with Gasteiger partial charge >= 0.3 is 0 Å². The topological polar surface area (TPSA) is 15.3 Å². The smallest absolute Gasteiger partial charge is 0.0210 e. The first-order chi connectivity index (χ1) is 8.69. The number of nitrogens with one attached hydrogen (secondary N) is 1. The number of nitrogens with zero attached hydrogens (tertiary/aromatic N) is 1. The summed E-state index contributed by atoms with van der Waals surface area (Å²) in [5.74, 6) is 0. The first-order valence-corrected chi connectivity index (χ1v) is 7.21. The van der Waals surface area contributed by atoms with E-state index < -0.39 is 0 Å². The van der Waals surface area contributed by atoms with Gasteiger partial charge in [-0.3, -0.25) is 0 Å². The van der Waals surface area contributed by atoms with Gasteiger partial charge in [0.15, 0.2) is 0 Å². The molecule has 0 amide bonds.